The maximum atomic E-state index is 11.5. The van der Waals surface area contributed by atoms with Crippen LogP contribution in [0.4, 0.5) is 0 Å². The number of likely N-dealkylation sites (N-methyl/N-ethyl adjacent to an activating group) is 2. The molecular weight excluding hydrogens is 259 g/mol. The van der Waals surface area contributed by atoms with Gasteiger partial charge < -0.3 is 4.90 Å². The summed E-state index contributed by atoms with van der Waals surface area (Å²) in [6.07, 6.45) is 0. The third-order valence-corrected chi connectivity index (χ3v) is 3.08. The molecule has 0 aliphatic carbocycles. The summed E-state index contributed by atoms with van der Waals surface area (Å²) in [4.78, 5) is 15.0. The minimum absolute atomic E-state index is 0.0764. The van der Waals surface area contributed by atoms with E-state index in [-0.39, 0.29) is 5.91 Å². The number of rotatable bonds is 4. The maximum absolute atomic E-state index is 11.5. The molecule has 5 heteroatoms. The van der Waals surface area contributed by atoms with E-state index >= 15 is 0 Å². The first-order valence-corrected chi connectivity index (χ1v) is 5.98. The fraction of sp³-hybridized carbons (Fsp3) is 0.417. The van der Waals surface area contributed by atoms with Gasteiger partial charge in [0.25, 0.3) is 0 Å². The molecule has 1 aromatic carbocycles. The number of benzene rings is 1. The fourth-order valence-corrected chi connectivity index (χ4v) is 1.70. The highest BCUT2D eigenvalue weighted by Crippen LogP contribution is 2.23. The lowest BCUT2D eigenvalue weighted by Gasteiger charge is -2.19. The maximum Gasteiger partial charge on any atom is 0.236 e. The zero-order valence-corrected chi connectivity index (χ0v) is 11.7. The van der Waals surface area contributed by atoms with E-state index in [1.54, 1.807) is 25.1 Å². The van der Waals surface area contributed by atoms with Gasteiger partial charge in [0.1, 0.15) is 0 Å². The van der Waals surface area contributed by atoms with Gasteiger partial charge in [0.15, 0.2) is 0 Å². The van der Waals surface area contributed by atoms with Crippen molar-refractivity contribution >= 4 is 29.1 Å². The van der Waals surface area contributed by atoms with Gasteiger partial charge >= 0.3 is 0 Å². The molecule has 0 atom stereocenters. The summed E-state index contributed by atoms with van der Waals surface area (Å²) in [6.45, 7) is 1.05. The number of hydrogen-bond donors (Lipinski definition) is 0. The van der Waals surface area contributed by atoms with Gasteiger partial charge in [0.2, 0.25) is 5.91 Å². The molecule has 0 unspecified atom stereocenters. The second-order valence-electron chi connectivity index (χ2n) is 4.21. The van der Waals surface area contributed by atoms with E-state index in [1.165, 1.54) is 0 Å². The number of carbonyl (C=O) groups is 1. The van der Waals surface area contributed by atoms with Crippen molar-refractivity contribution in [1.82, 2.24) is 9.80 Å². The lowest BCUT2D eigenvalue weighted by molar-refractivity contribution is -0.129. The third kappa shape index (κ3) is 4.54. The summed E-state index contributed by atoms with van der Waals surface area (Å²) in [5, 5.41) is 1.08. The lowest BCUT2D eigenvalue weighted by atomic mass is 10.2. The van der Waals surface area contributed by atoms with Crippen molar-refractivity contribution in [3.05, 3.63) is 33.8 Å². The van der Waals surface area contributed by atoms with E-state index in [2.05, 4.69) is 0 Å². The highest BCUT2D eigenvalue weighted by atomic mass is 35.5. The van der Waals surface area contributed by atoms with Gasteiger partial charge in [0.05, 0.1) is 16.6 Å². The first-order chi connectivity index (χ1) is 7.90. The summed E-state index contributed by atoms with van der Waals surface area (Å²) in [5.74, 6) is 0.0764. The van der Waals surface area contributed by atoms with Crippen LogP contribution in [0, 0.1) is 0 Å². The molecule has 0 fully saturated rings. The minimum atomic E-state index is 0.0764. The van der Waals surface area contributed by atoms with Gasteiger partial charge in [-0.15, -0.1) is 0 Å². The Morgan fingerprint density at radius 3 is 2.35 bits per heavy atom. The summed E-state index contributed by atoms with van der Waals surface area (Å²) in [7, 11) is 5.38. The summed E-state index contributed by atoms with van der Waals surface area (Å²) < 4.78 is 0. The fourth-order valence-electron chi connectivity index (χ4n) is 1.38. The van der Waals surface area contributed by atoms with Crippen molar-refractivity contribution in [1.29, 1.82) is 0 Å². The van der Waals surface area contributed by atoms with Crippen molar-refractivity contribution in [3.8, 4) is 0 Å². The van der Waals surface area contributed by atoms with Gasteiger partial charge in [-0.3, -0.25) is 9.69 Å². The monoisotopic (exact) mass is 274 g/mol. The normalized spacial score (nSPS) is 10.7. The molecule has 0 spiro atoms. The van der Waals surface area contributed by atoms with E-state index in [0.29, 0.717) is 23.1 Å². The SMILES string of the molecule is CN(CC(=O)N(C)C)Cc1ccc(Cl)c(Cl)c1. The minimum Gasteiger partial charge on any atom is -0.348 e. The van der Waals surface area contributed by atoms with E-state index in [0.717, 1.165) is 5.56 Å². The largest absolute Gasteiger partial charge is 0.348 e. The molecule has 1 amide bonds. The molecule has 1 rings (SSSR count). The Morgan fingerprint density at radius 1 is 1.18 bits per heavy atom. The molecular formula is C12H16Cl2N2O. The van der Waals surface area contributed by atoms with Crippen LogP contribution >= 0.6 is 23.2 Å². The zero-order chi connectivity index (χ0) is 13.0. The number of halogens is 2. The highest BCUT2D eigenvalue weighted by Gasteiger charge is 2.09. The molecule has 0 radical (unpaired) electrons. The van der Waals surface area contributed by atoms with Crippen LogP contribution in [0.5, 0.6) is 0 Å². The molecule has 0 N–H and O–H groups in total. The molecule has 0 bridgehead atoms. The van der Waals surface area contributed by atoms with Crippen LogP contribution in [0.25, 0.3) is 0 Å². The van der Waals surface area contributed by atoms with E-state index < -0.39 is 0 Å². The molecule has 17 heavy (non-hydrogen) atoms. The number of nitrogens with zero attached hydrogens (tertiary/aromatic N) is 2. The number of amides is 1. The van der Waals surface area contributed by atoms with Gasteiger partial charge in [-0.2, -0.15) is 0 Å². The number of hydrogen-bond acceptors (Lipinski definition) is 2. The molecule has 94 valence electrons. The van der Waals surface area contributed by atoms with Crippen molar-refractivity contribution in [2.24, 2.45) is 0 Å². The lowest BCUT2D eigenvalue weighted by Crippen LogP contribution is -2.34. The second kappa shape index (κ2) is 6.24. The van der Waals surface area contributed by atoms with E-state index in [1.807, 2.05) is 24.1 Å². The van der Waals surface area contributed by atoms with Crippen molar-refractivity contribution in [2.45, 2.75) is 6.54 Å². The molecule has 0 heterocycles. The average molecular weight is 275 g/mol. The van der Waals surface area contributed by atoms with Crippen LogP contribution in [0.1, 0.15) is 5.56 Å². The van der Waals surface area contributed by atoms with E-state index in [4.69, 9.17) is 23.2 Å². The Bertz CT molecular complexity index is 407. The number of carbonyl (C=O) groups excluding carboxylic acids is 1. The molecule has 0 aliphatic heterocycles. The predicted octanol–water partition coefficient (Wildman–Crippen LogP) is 2.51. The molecule has 0 saturated carbocycles. The smallest absolute Gasteiger partial charge is 0.236 e. The van der Waals surface area contributed by atoms with Crippen LogP contribution in [0.15, 0.2) is 18.2 Å². The highest BCUT2D eigenvalue weighted by molar-refractivity contribution is 6.42. The first kappa shape index (κ1) is 14.3. The first-order valence-electron chi connectivity index (χ1n) is 5.22. The average Bonchev–Trinajstić information content (AvgIpc) is 2.23. The van der Waals surface area contributed by atoms with Crippen LogP contribution < -0.4 is 0 Å². The predicted molar refractivity (Wildman–Crippen MR) is 71.5 cm³/mol. The molecule has 3 nitrogen and oxygen atoms in total. The zero-order valence-electron chi connectivity index (χ0n) is 10.2. The topological polar surface area (TPSA) is 23.6 Å². The van der Waals surface area contributed by atoms with Crippen LogP contribution in [-0.2, 0) is 11.3 Å². The third-order valence-electron chi connectivity index (χ3n) is 2.34. The van der Waals surface area contributed by atoms with Crippen molar-refractivity contribution in [2.75, 3.05) is 27.7 Å². The Labute approximate surface area is 112 Å². The standard InChI is InChI=1S/C12H16Cl2N2O/c1-15(2)12(17)8-16(3)7-9-4-5-10(13)11(14)6-9/h4-6H,7-8H2,1-3H3. The van der Waals surface area contributed by atoms with Crippen molar-refractivity contribution in [3.63, 3.8) is 0 Å². The Balaban J connectivity index is 2.59. The van der Waals surface area contributed by atoms with E-state index in [9.17, 15) is 4.79 Å². The Morgan fingerprint density at radius 2 is 1.82 bits per heavy atom. The summed E-state index contributed by atoms with van der Waals surface area (Å²) in [6, 6.07) is 5.49. The molecule has 1 aromatic rings. The quantitative estimate of drug-likeness (QED) is 0.843. The van der Waals surface area contributed by atoms with Gasteiger partial charge in [-0.05, 0) is 24.7 Å². The van der Waals surface area contributed by atoms with Crippen LogP contribution in [-0.4, -0.2) is 43.4 Å². The Hall–Kier alpha value is -0.770. The molecule has 0 aromatic heterocycles. The van der Waals surface area contributed by atoms with Crippen LogP contribution in [0.2, 0.25) is 10.0 Å². The van der Waals surface area contributed by atoms with Gasteiger partial charge in [-0.25, -0.2) is 0 Å². The Kier molecular flexibility index (Phi) is 5.25. The second-order valence-corrected chi connectivity index (χ2v) is 5.02. The summed E-state index contributed by atoms with van der Waals surface area (Å²) >= 11 is 11.8. The molecule has 0 saturated heterocycles. The van der Waals surface area contributed by atoms with Crippen LogP contribution in [0.3, 0.4) is 0 Å². The summed E-state index contributed by atoms with van der Waals surface area (Å²) in [5.41, 5.74) is 1.04. The van der Waals surface area contributed by atoms with Gasteiger partial charge in [-0.1, -0.05) is 29.3 Å². The van der Waals surface area contributed by atoms with Gasteiger partial charge in [0, 0.05) is 20.6 Å². The van der Waals surface area contributed by atoms with Crippen molar-refractivity contribution < 1.29 is 4.79 Å². The molecule has 0 aliphatic rings.